The van der Waals surface area contributed by atoms with E-state index in [9.17, 15) is 14.4 Å². The lowest BCUT2D eigenvalue weighted by atomic mass is 9.92. The fraction of sp³-hybridized carbons (Fsp3) is 0.769. The first kappa shape index (κ1) is 17.4. The Kier molecular flexibility index (Phi) is 6.52. The van der Waals surface area contributed by atoms with Crippen LogP contribution in [-0.4, -0.2) is 35.5 Å². The van der Waals surface area contributed by atoms with Crippen molar-refractivity contribution in [1.29, 1.82) is 0 Å². The largest absolute Gasteiger partial charge is 0.481 e. The Morgan fingerprint density at radius 1 is 1.11 bits per heavy atom. The SMILES string of the molecule is CC(NC(=O)CNC(=O)CC(C)(C)C)C(C)C(=O)O. The molecule has 0 aromatic carbocycles. The number of rotatable bonds is 6. The van der Waals surface area contributed by atoms with E-state index in [4.69, 9.17) is 5.11 Å². The van der Waals surface area contributed by atoms with Crippen molar-refractivity contribution in [2.45, 2.75) is 47.1 Å². The van der Waals surface area contributed by atoms with E-state index in [1.165, 1.54) is 6.92 Å². The Morgan fingerprint density at radius 2 is 1.63 bits per heavy atom. The van der Waals surface area contributed by atoms with Gasteiger partial charge in [-0.3, -0.25) is 14.4 Å². The summed E-state index contributed by atoms with van der Waals surface area (Å²) in [6, 6.07) is -0.482. The Labute approximate surface area is 113 Å². The van der Waals surface area contributed by atoms with Crippen molar-refractivity contribution in [3.8, 4) is 0 Å². The van der Waals surface area contributed by atoms with Gasteiger partial charge in [0.05, 0.1) is 12.5 Å². The lowest BCUT2D eigenvalue weighted by Crippen LogP contribution is -2.45. The number of carboxylic acids is 1. The Balaban J connectivity index is 4.06. The number of hydrogen-bond acceptors (Lipinski definition) is 3. The zero-order chi connectivity index (χ0) is 15.2. The predicted octanol–water partition coefficient (Wildman–Crippen LogP) is 0.764. The summed E-state index contributed by atoms with van der Waals surface area (Å²) in [5.74, 6) is -2.22. The zero-order valence-electron chi connectivity index (χ0n) is 12.2. The van der Waals surface area contributed by atoms with Crippen LogP contribution in [0.3, 0.4) is 0 Å². The molecule has 3 N–H and O–H groups in total. The van der Waals surface area contributed by atoms with E-state index in [0.29, 0.717) is 6.42 Å². The number of nitrogens with one attached hydrogen (secondary N) is 2. The van der Waals surface area contributed by atoms with Crippen LogP contribution in [0.25, 0.3) is 0 Å². The second-order valence-electron chi connectivity index (χ2n) is 6.00. The average Bonchev–Trinajstić information content (AvgIpc) is 2.22. The predicted molar refractivity (Wildman–Crippen MR) is 71.5 cm³/mol. The van der Waals surface area contributed by atoms with Gasteiger partial charge in [0, 0.05) is 12.5 Å². The maximum atomic E-state index is 11.5. The number of amides is 2. The highest BCUT2D eigenvalue weighted by Crippen LogP contribution is 2.17. The highest BCUT2D eigenvalue weighted by molar-refractivity contribution is 5.85. The van der Waals surface area contributed by atoms with Crippen molar-refractivity contribution in [2.75, 3.05) is 6.54 Å². The van der Waals surface area contributed by atoms with Crippen LogP contribution in [0.15, 0.2) is 0 Å². The molecule has 0 aromatic heterocycles. The van der Waals surface area contributed by atoms with Gasteiger partial charge in [-0.1, -0.05) is 20.8 Å². The summed E-state index contributed by atoms with van der Waals surface area (Å²) < 4.78 is 0. The molecule has 0 spiro atoms. The third-order valence-corrected chi connectivity index (χ3v) is 2.67. The third kappa shape index (κ3) is 8.18. The summed E-state index contributed by atoms with van der Waals surface area (Å²) in [5, 5.41) is 13.8. The van der Waals surface area contributed by atoms with E-state index in [1.54, 1.807) is 6.92 Å². The molecule has 6 nitrogen and oxygen atoms in total. The van der Waals surface area contributed by atoms with Crippen molar-refractivity contribution in [1.82, 2.24) is 10.6 Å². The Bertz CT molecular complexity index is 347. The van der Waals surface area contributed by atoms with E-state index in [0.717, 1.165) is 0 Å². The average molecular weight is 272 g/mol. The summed E-state index contributed by atoms with van der Waals surface area (Å²) >= 11 is 0. The summed E-state index contributed by atoms with van der Waals surface area (Å²) in [4.78, 5) is 33.8. The highest BCUT2D eigenvalue weighted by atomic mass is 16.4. The first-order valence-electron chi connectivity index (χ1n) is 6.32. The second kappa shape index (κ2) is 7.11. The molecule has 0 saturated carbocycles. The summed E-state index contributed by atoms with van der Waals surface area (Å²) in [5.41, 5.74) is -0.133. The van der Waals surface area contributed by atoms with Gasteiger partial charge in [-0.2, -0.15) is 0 Å². The fourth-order valence-corrected chi connectivity index (χ4v) is 1.37. The molecule has 0 bridgehead atoms. The maximum absolute atomic E-state index is 11.5. The van der Waals surface area contributed by atoms with E-state index < -0.39 is 17.9 Å². The van der Waals surface area contributed by atoms with Crippen molar-refractivity contribution in [3.05, 3.63) is 0 Å². The molecule has 0 heterocycles. The number of carbonyl (C=O) groups excluding carboxylic acids is 2. The van der Waals surface area contributed by atoms with Crippen LogP contribution in [0.1, 0.15) is 41.0 Å². The van der Waals surface area contributed by atoms with Gasteiger partial charge in [0.1, 0.15) is 0 Å². The Hall–Kier alpha value is -1.59. The van der Waals surface area contributed by atoms with Crippen LogP contribution in [0.4, 0.5) is 0 Å². The topological polar surface area (TPSA) is 95.5 Å². The van der Waals surface area contributed by atoms with E-state index in [-0.39, 0.29) is 23.8 Å². The number of hydrogen-bond donors (Lipinski definition) is 3. The van der Waals surface area contributed by atoms with Gasteiger partial charge < -0.3 is 15.7 Å². The lowest BCUT2D eigenvalue weighted by Gasteiger charge is -2.19. The molecule has 0 fully saturated rings. The zero-order valence-corrected chi connectivity index (χ0v) is 12.2. The lowest BCUT2D eigenvalue weighted by molar-refractivity contribution is -0.142. The Morgan fingerprint density at radius 3 is 2.05 bits per heavy atom. The smallest absolute Gasteiger partial charge is 0.308 e. The molecule has 2 atom stereocenters. The minimum atomic E-state index is -0.968. The molecule has 0 aromatic rings. The van der Waals surface area contributed by atoms with Crippen LogP contribution in [0.5, 0.6) is 0 Å². The molecule has 19 heavy (non-hydrogen) atoms. The molecule has 0 aliphatic heterocycles. The van der Waals surface area contributed by atoms with Gasteiger partial charge >= 0.3 is 5.97 Å². The van der Waals surface area contributed by atoms with E-state index in [1.807, 2.05) is 20.8 Å². The van der Waals surface area contributed by atoms with Gasteiger partial charge in [-0.05, 0) is 19.3 Å². The van der Waals surface area contributed by atoms with Gasteiger partial charge in [-0.15, -0.1) is 0 Å². The van der Waals surface area contributed by atoms with Gasteiger partial charge in [0.25, 0.3) is 0 Å². The van der Waals surface area contributed by atoms with Gasteiger partial charge in [0.2, 0.25) is 11.8 Å². The number of aliphatic carboxylic acids is 1. The van der Waals surface area contributed by atoms with Crippen molar-refractivity contribution < 1.29 is 19.5 Å². The first-order valence-corrected chi connectivity index (χ1v) is 6.32. The van der Waals surface area contributed by atoms with Crippen LogP contribution in [-0.2, 0) is 14.4 Å². The monoisotopic (exact) mass is 272 g/mol. The summed E-state index contributed by atoms with van der Waals surface area (Å²) in [6.07, 6.45) is 0.335. The van der Waals surface area contributed by atoms with E-state index in [2.05, 4.69) is 10.6 Å². The quantitative estimate of drug-likeness (QED) is 0.665. The van der Waals surface area contributed by atoms with Gasteiger partial charge in [-0.25, -0.2) is 0 Å². The molecule has 0 rings (SSSR count). The molecule has 0 aliphatic rings. The third-order valence-electron chi connectivity index (χ3n) is 2.67. The molecule has 0 aliphatic carbocycles. The molecule has 110 valence electrons. The standard InChI is InChI=1S/C13H24N2O4/c1-8(12(18)19)9(2)15-11(17)7-14-10(16)6-13(3,4)5/h8-9H,6-7H2,1-5H3,(H,14,16)(H,15,17)(H,18,19). The number of carbonyl (C=O) groups is 3. The minimum Gasteiger partial charge on any atom is -0.481 e. The minimum absolute atomic E-state index is 0.133. The van der Waals surface area contributed by atoms with Crippen molar-refractivity contribution >= 4 is 17.8 Å². The normalized spacial score (nSPS) is 14.4. The van der Waals surface area contributed by atoms with E-state index >= 15 is 0 Å². The molecule has 2 amide bonds. The van der Waals surface area contributed by atoms with Crippen LogP contribution in [0, 0.1) is 11.3 Å². The van der Waals surface area contributed by atoms with Crippen LogP contribution in [0.2, 0.25) is 0 Å². The first-order chi connectivity index (χ1) is 8.53. The van der Waals surface area contributed by atoms with Crippen LogP contribution >= 0.6 is 0 Å². The summed E-state index contributed by atoms with van der Waals surface area (Å²) in [6.45, 7) is 8.81. The summed E-state index contributed by atoms with van der Waals surface area (Å²) in [7, 11) is 0. The van der Waals surface area contributed by atoms with Crippen LogP contribution < -0.4 is 10.6 Å². The molecule has 2 unspecified atom stereocenters. The van der Waals surface area contributed by atoms with Gasteiger partial charge in [0.15, 0.2) is 0 Å². The molecule has 0 radical (unpaired) electrons. The highest BCUT2D eigenvalue weighted by Gasteiger charge is 2.21. The molecular weight excluding hydrogens is 248 g/mol. The molecule has 0 saturated heterocycles. The number of carboxylic acid groups (broad SMARTS) is 1. The van der Waals surface area contributed by atoms with Crippen molar-refractivity contribution in [2.24, 2.45) is 11.3 Å². The maximum Gasteiger partial charge on any atom is 0.308 e. The van der Waals surface area contributed by atoms with Crippen molar-refractivity contribution in [3.63, 3.8) is 0 Å². The molecule has 6 heteroatoms. The molecular formula is C13H24N2O4. The fourth-order valence-electron chi connectivity index (χ4n) is 1.37. The second-order valence-corrected chi connectivity index (χ2v) is 6.00.